The minimum Gasteiger partial charge on any atom is -0.479 e. The van der Waals surface area contributed by atoms with Crippen molar-refractivity contribution >= 4 is 5.97 Å². The van der Waals surface area contributed by atoms with Crippen LogP contribution in [0.4, 0.5) is 0 Å². The van der Waals surface area contributed by atoms with Gasteiger partial charge in [0.15, 0.2) is 5.54 Å². The van der Waals surface area contributed by atoms with E-state index in [9.17, 15) is 9.90 Å². The van der Waals surface area contributed by atoms with Crippen molar-refractivity contribution in [2.75, 3.05) is 0 Å². The Bertz CT molecular complexity index is 431. The molecule has 17 heavy (non-hydrogen) atoms. The zero-order chi connectivity index (χ0) is 12.6. The molecule has 1 fully saturated rings. The molecule has 1 aromatic heterocycles. The van der Waals surface area contributed by atoms with Crippen LogP contribution in [-0.2, 0) is 10.3 Å². The summed E-state index contributed by atoms with van der Waals surface area (Å²) >= 11 is 0. The van der Waals surface area contributed by atoms with E-state index in [1.165, 1.54) is 0 Å². The van der Waals surface area contributed by atoms with Gasteiger partial charge in [0, 0.05) is 0 Å². The van der Waals surface area contributed by atoms with Crippen LogP contribution in [0.5, 0.6) is 0 Å². The smallest absolute Gasteiger partial charge is 0.331 e. The van der Waals surface area contributed by atoms with Crippen LogP contribution in [0.1, 0.15) is 44.3 Å². The van der Waals surface area contributed by atoms with Gasteiger partial charge in [-0.3, -0.25) is 0 Å². The van der Waals surface area contributed by atoms with E-state index in [0.717, 1.165) is 12.8 Å². The Morgan fingerprint density at radius 3 is 2.41 bits per heavy atom. The molecule has 5 heteroatoms. The zero-order valence-corrected chi connectivity index (χ0v) is 10.6. The van der Waals surface area contributed by atoms with Crippen LogP contribution >= 0.6 is 0 Å². The summed E-state index contributed by atoms with van der Waals surface area (Å²) < 4.78 is 1.62. The average molecular weight is 237 g/mol. The van der Waals surface area contributed by atoms with Crippen LogP contribution in [0, 0.1) is 19.8 Å². The number of aryl methyl sites for hydroxylation is 2. The molecule has 0 bridgehead atoms. The fourth-order valence-corrected chi connectivity index (χ4v) is 2.68. The molecule has 94 valence electrons. The molecule has 1 aromatic rings. The van der Waals surface area contributed by atoms with E-state index >= 15 is 0 Å². The number of nitrogens with zero attached hydrogens (tertiary/aromatic N) is 3. The van der Waals surface area contributed by atoms with Crippen LogP contribution in [0.25, 0.3) is 0 Å². The van der Waals surface area contributed by atoms with Crippen molar-refractivity contribution in [1.82, 2.24) is 14.8 Å². The molecule has 0 aromatic carbocycles. The Morgan fingerprint density at radius 1 is 1.41 bits per heavy atom. The van der Waals surface area contributed by atoms with Crippen LogP contribution in [0.15, 0.2) is 0 Å². The summed E-state index contributed by atoms with van der Waals surface area (Å²) in [6, 6.07) is 0. The predicted octanol–water partition coefficient (Wildman–Crippen LogP) is 1.88. The SMILES string of the molecule is Cc1nc(C)n(C2(C(=O)O)CCC(C)CC2)n1. The second-order valence-corrected chi connectivity index (χ2v) is 5.14. The maximum absolute atomic E-state index is 11.7. The topological polar surface area (TPSA) is 68.0 Å². The van der Waals surface area contributed by atoms with Gasteiger partial charge in [-0.25, -0.2) is 14.5 Å². The number of hydrogen-bond donors (Lipinski definition) is 1. The lowest BCUT2D eigenvalue weighted by atomic mass is 9.77. The highest BCUT2D eigenvalue weighted by atomic mass is 16.4. The molecule has 0 amide bonds. The molecule has 1 heterocycles. The molecule has 0 unspecified atom stereocenters. The van der Waals surface area contributed by atoms with Gasteiger partial charge >= 0.3 is 5.97 Å². The summed E-state index contributed by atoms with van der Waals surface area (Å²) in [4.78, 5) is 15.9. The van der Waals surface area contributed by atoms with Gasteiger partial charge in [0.1, 0.15) is 11.6 Å². The Kier molecular flexibility index (Phi) is 2.93. The van der Waals surface area contributed by atoms with Crippen molar-refractivity contribution in [2.45, 2.75) is 52.0 Å². The molecular weight excluding hydrogens is 218 g/mol. The van der Waals surface area contributed by atoms with Gasteiger partial charge < -0.3 is 5.11 Å². The van der Waals surface area contributed by atoms with Crippen molar-refractivity contribution in [2.24, 2.45) is 5.92 Å². The lowest BCUT2D eigenvalue weighted by molar-refractivity contribution is -0.150. The third-order valence-electron chi connectivity index (χ3n) is 3.78. The standard InChI is InChI=1S/C12H19N3O2/c1-8-4-6-12(7-5-8,11(16)17)15-10(3)13-9(2)14-15/h8H,4-7H2,1-3H3,(H,16,17). The summed E-state index contributed by atoms with van der Waals surface area (Å²) in [5.74, 6) is 1.16. The van der Waals surface area contributed by atoms with E-state index < -0.39 is 11.5 Å². The van der Waals surface area contributed by atoms with E-state index in [2.05, 4.69) is 17.0 Å². The van der Waals surface area contributed by atoms with Gasteiger partial charge in [0.25, 0.3) is 0 Å². The number of aliphatic carboxylic acids is 1. The van der Waals surface area contributed by atoms with Gasteiger partial charge in [-0.1, -0.05) is 6.92 Å². The Balaban J connectivity index is 2.42. The molecule has 2 rings (SSSR count). The maximum atomic E-state index is 11.7. The first-order valence-electron chi connectivity index (χ1n) is 6.10. The van der Waals surface area contributed by atoms with Crippen LogP contribution in [0.3, 0.4) is 0 Å². The highest BCUT2D eigenvalue weighted by molar-refractivity contribution is 5.76. The molecule has 1 aliphatic carbocycles. The van der Waals surface area contributed by atoms with E-state index in [1.54, 1.807) is 11.6 Å². The van der Waals surface area contributed by atoms with Gasteiger partial charge in [-0.2, -0.15) is 5.10 Å². The molecule has 5 nitrogen and oxygen atoms in total. The molecule has 1 N–H and O–H groups in total. The van der Waals surface area contributed by atoms with Crippen LogP contribution < -0.4 is 0 Å². The zero-order valence-electron chi connectivity index (χ0n) is 10.6. The summed E-state index contributed by atoms with van der Waals surface area (Å²) in [5, 5.41) is 13.9. The highest BCUT2D eigenvalue weighted by Crippen LogP contribution is 2.38. The minimum absolute atomic E-state index is 0.604. The molecule has 1 aliphatic rings. The van der Waals surface area contributed by atoms with E-state index in [1.807, 2.05) is 6.92 Å². The van der Waals surface area contributed by atoms with Crippen molar-refractivity contribution in [3.05, 3.63) is 11.6 Å². The molecule has 0 spiro atoms. The number of hydrogen-bond acceptors (Lipinski definition) is 3. The van der Waals surface area contributed by atoms with Crippen molar-refractivity contribution in [3.63, 3.8) is 0 Å². The molecular formula is C12H19N3O2. The lowest BCUT2D eigenvalue weighted by Gasteiger charge is -2.36. The van der Waals surface area contributed by atoms with Gasteiger partial charge in [0.2, 0.25) is 0 Å². The second kappa shape index (κ2) is 4.13. The third-order valence-corrected chi connectivity index (χ3v) is 3.78. The first-order chi connectivity index (χ1) is 7.95. The largest absolute Gasteiger partial charge is 0.479 e. The number of rotatable bonds is 2. The van der Waals surface area contributed by atoms with Gasteiger partial charge in [0.05, 0.1) is 0 Å². The maximum Gasteiger partial charge on any atom is 0.331 e. The van der Waals surface area contributed by atoms with E-state index in [0.29, 0.717) is 30.4 Å². The number of aromatic nitrogens is 3. The van der Waals surface area contributed by atoms with Crippen LogP contribution in [-0.4, -0.2) is 25.8 Å². The third kappa shape index (κ3) is 1.94. The van der Waals surface area contributed by atoms with Crippen LogP contribution in [0.2, 0.25) is 0 Å². The molecule has 0 saturated heterocycles. The summed E-state index contributed by atoms with van der Waals surface area (Å²) in [6.07, 6.45) is 3.16. The molecule has 1 saturated carbocycles. The van der Waals surface area contributed by atoms with Gasteiger partial charge in [-0.15, -0.1) is 0 Å². The second-order valence-electron chi connectivity index (χ2n) is 5.14. The minimum atomic E-state index is -0.877. The quantitative estimate of drug-likeness (QED) is 0.852. The number of carboxylic acid groups (broad SMARTS) is 1. The van der Waals surface area contributed by atoms with Crippen molar-refractivity contribution in [1.29, 1.82) is 0 Å². The predicted molar refractivity (Wildman–Crippen MR) is 62.7 cm³/mol. The Hall–Kier alpha value is -1.39. The molecule has 0 aliphatic heterocycles. The normalized spacial score (nSPS) is 29.2. The molecule has 0 atom stereocenters. The monoisotopic (exact) mass is 237 g/mol. The first-order valence-corrected chi connectivity index (χ1v) is 6.10. The first kappa shape index (κ1) is 12.1. The summed E-state index contributed by atoms with van der Waals surface area (Å²) in [7, 11) is 0. The lowest BCUT2D eigenvalue weighted by Crippen LogP contribution is -2.46. The Labute approximate surface area is 101 Å². The number of carboxylic acids is 1. The van der Waals surface area contributed by atoms with Crippen molar-refractivity contribution < 1.29 is 9.90 Å². The summed E-state index contributed by atoms with van der Waals surface area (Å²) in [5.41, 5.74) is -0.877. The molecule has 0 radical (unpaired) electrons. The average Bonchev–Trinajstić information content (AvgIpc) is 2.59. The summed E-state index contributed by atoms with van der Waals surface area (Å²) in [6.45, 7) is 5.79. The highest BCUT2D eigenvalue weighted by Gasteiger charge is 2.44. The van der Waals surface area contributed by atoms with Gasteiger partial charge in [-0.05, 0) is 45.4 Å². The van der Waals surface area contributed by atoms with Crippen molar-refractivity contribution in [3.8, 4) is 0 Å². The van der Waals surface area contributed by atoms with E-state index in [-0.39, 0.29) is 0 Å². The van der Waals surface area contributed by atoms with E-state index in [4.69, 9.17) is 0 Å². The Morgan fingerprint density at radius 2 is 2.00 bits per heavy atom. The fourth-order valence-electron chi connectivity index (χ4n) is 2.68. The number of carbonyl (C=O) groups is 1. The fraction of sp³-hybridized carbons (Fsp3) is 0.750.